The van der Waals surface area contributed by atoms with Crippen molar-refractivity contribution in [1.29, 1.82) is 0 Å². The van der Waals surface area contributed by atoms with Gasteiger partial charge in [0, 0.05) is 24.3 Å². The predicted molar refractivity (Wildman–Crippen MR) is 88.9 cm³/mol. The monoisotopic (exact) mass is 328 g/mol. The first-order valence-electron chi connectivity index (χ1n) is 8.93. The fraction of sp³-hybridized carbons (Fsp3) is 0.600. The van der Waals surface area contributed by atoms with E-state index >= 15 is 0 Å². The van der Waals surface area contributed by atoms with Crippen molar-refractivity contribution >= 4 is 11.8 Å². The van der Waals surface area contributed by atoms with Gasteiger partial charge in [-0.2, -0.15) is 0 Å². The van der Waals surface area contributed by atoms with Crippen molar-refractivity contribution in [2.24, 2.45) is 17.3 Å². The van der Waals surface area contributed by atoms with E-state index in [1.54, 1.807) is 12.1 Å². The van der Waals surface area contributed by atoms with E-state index in [0.717, 1.165) is 31.2 Å². The second-order valence-electron chi connectivity index (χ2n) is 8.00. The summed E-state index contributed by atoms with van der Waals surface area (Å²) in [5.41, 5.74) is 1.79. The van der Waals surface area contributed by atoms with Gasteiger partial charge >= 0.3 is 5.97 Å². The molecule has 5 unspecified atom stereocenters. The van der Waals surface area contributed by atoms with Crippen LogP contribution in [0.5, 0.6) is 5.75 Å². The van der Waals surface area contributed by atoms with E-state index in [1.165, 1.54) is 6.92 Å². The van der Waals surface area contributed by atoms with Crippen molar-refractivity contribution in [3.63, 3.8) is 0 Å². The molecule has 4 rings (SSSR count). The van der Waals surface area contributed by atoms with Gasteiger partial charge in [0.15, 0.2) is 5.78 Å². The van der Waals surface area contributed by atoms with Crippen LogP contribution >= 0.6 is 0 Å². The molecule has 1 N–H and O–H groups in total. The summed E-state index contributed by atoms with van der Waals surface area (Å²) < 4.78 is 5.62. The average Bonchev–Trinajstić information content (AvgIpc) is 2.84. The Bertz CT molecular complexity index is 710. The van der Waals surface area contributed by atoms with Gasteiger partial charge in [0.05, 0.1) is 0 Å². The summed E-state index contributed by atoms with van der Waals surface area (Å²) in [6, 6.07) is 5.25. The number of Topliss-reactive ketones (excluding diaryl/α,β-unsaturated/α-hetero) is 1. The van der Waals surface area contributed by atoms with Crippen LogP contribution in [0.15, 0.2) is 18.2 Å². The first-order chi connectivity index (χ1) is 11.4. The largest absolute Gasteiger partial charge is 0.508 e. The minimum atomic E-state index is -0.204. The standard InChI is InChI=1S/C20H24O4/c1-11(21)24-19-6-5-17-15-10-18(23)16-9-12(22)3-4-13(16)14(15)7-8-20(17,19)2/h3-4,9,14-15,17,19,22H,5-8,10H2,1-2H3. The van der Waals surface area contributed by atoms with Crippen molar-refractivity contribution in [2.45, 2.75) is 58.0 Å². The molecular formula is C20H24O4. The zero-order valence-corrected chi connectivity index (χ0v) is 14.2. The molecule has 0 radical (unpaired) electrons. The maximum atomic E-state index is 12.6. The lowest BCUT2D eigenvalue weighted by Crippen LogP contribution is -2.45. The number of rotatable bonds is 1. The van der Waals surface area contributed by atoms with Gasteiger partial charge in [-0.05, 0) is 61.1 Å². The highest BCUT2D eigenvalue weighted by atomic mass is 16.5. The first-order valence-corrected chi connectivity index (χ1v) is 8.93. The highest BCUT2D eigenvalue weighted by Crippen LogP contribution is 2.61. The highest BCUT2D eigenvalue weighted by molar-refractivity contribution is 5.99. The summed E-state index contributed by atoms with van der Waals surface area (Å²) in [4.78, 5) is 24.1. The van der Waals surface area contributed by atoms with Crippen LogP contribution in [0.1, 0.15) is 67.8 Å². The van der Waals surface area contributed by atoms with Crippen LogP contribution in [0.3, 0.4) is 0 Å². The molecule has 0 spiro atoms. The highest BCUT2D eigenvalue weighted by Gasteiger charge is 2.56. The van der Waals surface area contributed by atoms with Crippen LogP contribution in [0.2, 0.25) is 0 Å². The first kappa shape index (κ1) is 15.7. The molecule has 0 aromatic heterocycles. The van der Waals surface area contributed by atoms with Crippen LogP contribution in [0, 0.1) is 17.3 Å². The SMILES string of the molecule is CC(=O)OC1CCC2C3CC(=O)c4cc(O)ccc4C3CCC12C. The number of benzene rings is 1. The summed E-state index contributed by atoms with van der Waals surface area (Å²) >= 11 is 0. The van der Waals surface area contributed by atoms with E-state index in [-0.39, 0.29) is 29.0 Å². The molecule has 0 aliphatic heterocycles. The number of hydrogen-bond donors (Lipinski definition) is 1. The molecule has 24 heavy (non-hydrogen) atoms. The number of esters is 1. The number of carbonyl (C=O) groups is 2. The average molecular weight is 328 g/mol. The predicted octanol–water partition coefficient (Wildman–Crippen LogP) is 3.82. The molecule has 0 bridgehead atoms. The van der Waals surface area contributed by atoms with Gasteiger partial charge in [-0.25, -0.2) is 0 Å². The van der Waals surface area contributed by atoms with E-state index in [2.05, 4.69) is 6.92 Å². The lowest BCUT2D eigenvalue weighted by molar-refractivity contribution is -0.154. The Hall–Kier alpha value is -1.84. The van der Waals surface area contributed by atoms with Gasteiger partial charge in [-0.1, -0.05) is 13.0 Å². The lowest BCUT2D eigenvalue weighted by atomic mass is 9.55. The van der Waals surface area contributed by atoms with Crippen molar-refractivity contribution < 1.29 is 19.4 Å². The molecule has 5 atom stereocenters. The summed E-state index contributed by atoms with van der Waals surface area (Å²) in [6.07, 6.45) is 4.49. The molecule has 3 aliphatic carbocycles. The molecule has 0 amide bonds. The molecule has 2 fully saturated rings. The molecule has 1 aromatic rings. The summed E-state index contributed by atoms with van der Waals surface area (Å²) in [5, 5.41) is 9.71. The second kappa shape index (κ2) is 5.33. The van der Waals surface area contributed by atoms with Gasteiger partial charge < -0.3 is 9.84 Å². The Morgan fingerprint density at radius 1 is 1.29 bits per heavy atom. The molecule has 0 saturated heterocycles. The van der Waals surface area contributed by atoms with Gasteiger partial charge in [0.1, 0.15) is 11.9 Å². The number of aromatic hydroxyl groups is 1. The normalized spacial score (nSPS) is 37.3. The minimum absolute atomic E-state index is 0.0124. The van der Waals surface area contributed by atoms with E-state index in [9.17, 15) is 14.7 Å². The third-order valence-corrected chi connectivity index (χ3v) is 6.82. The van der Waals surface area contributed by atoms with Crippen LogP contribution in [0.25, 0.3) is 0 Å². The summed E-state index contributed by atoms with van der Waals surface area (Å²) in [6.45, 7) is 3.72. The van der Waals surface area contributed by atoms with Crippen LogP contribution in [-0.2, 0) is 9.53 Å². The number of phenols is 1. The van der Waals surface area contributed by atoms with Crippen molar-refractivity contribution in [3.8, 4) is 5.75 Å². The summed E-state index contributed by atoms with van der Waals surface area (Å²) in [7, 11) is 0. The van der Waals surface area contributed by atoms with E-state index in [1.807, 2.05) is 6.07 Å². The molecule has 4 heteroatoms. The number of hydrogen-bond acceptors (Lipinski definition) is 4. The quantitative estimate of drug-likeness (QED) is 0.796. The number of fused-ring (bicyclic) bond motifs is 5. The topological polar surface area (TPSA) is 63.6 Å². The lowest BCUT2D eigenvalue weighted by Gasteiger charge is -2.49. The molecular weight excluding hydrogens is 304 g/mol. The third kappa shape index (κ3) is 2.19. The van der Waals surface area contributed by atoms with Crippen LogP contribution < -0.4 is 0 Å². The van der Waals surface area contributed by atoms with E-state index < -0.39 is 0 Å². The van der Waals surface area contributed by atoms with E-state index in [0.29, 0.717) is 29.7 Å². The van der Waals surface area contributed by atoms with Crippen molar-refractivity contribution in [1.82, 2.24) is 0 Å². The van der Waals surface area contributed by atoms with Crippen molar-refractivity contribution in [2.75, 3.05) is 0 Å². The number of phenolic OH excluding ortho intramolecular Hbond substituents is 1. The van der Waals surface area contributed by atoms with Gasteiger partial charge in [-0.3, -0.25) is 9.59 Å². The fourth-order valence-electron chi connectivity index (χ4n) is 5.74. The Morgan fingerprint density at radius 2 is 2.08 bits per heavy atom. The Labute approximate surface area is 142 Å². The van der Waals surface area contributed by atoms with Gasteiger partial charge in [0.2, 0.25) is 0 Å². The van der Waals surface area contributed by atoms with Crippen LogP contribution in [-0.4, -0.2) is 23.0 Å². The minimum Gasteiger partial charge on any atom is -0.508 e. The zero-order chi connectivity index (χ0) is 17.1. The fourth-order valence-corrected chi connectivity index (χ4v) is 5.74. The molecule has 2 saturated carbocycles. The molecule has 4 nitrogen and oxygen atoms in total. The Morgan fingerprint density at radius 3 is 2.83 bits per heavy atom. The molecule has 1 aromatic carbocycles. The Kier molecular flexibility index (Phi) is 3.48. The zero-order valence-electron chi connectivity index (χ0n) is 14.2. The molecule has 128 valence electrons. The number of ether oxygens (including phenoxy) is 1. The maximum Gasteiger partial charge on any atom is 0.302 e. The smallest absolute Gasteiger partial charge is 0.302 e. The molecule has 0 heterocycles. The summed E-state index contributed by atoms with van der Waals surface area (Å²) in [5.74, 6) is 1.23. The maximum absolute atomic E-state index is 12.6. The number of carbonyl (C=O) groups excluding carboxylic acids is 2. The molecule has 3 aliphatic rings. The Balaban J connectivity index is 1.68. The van der Waals surface area contributed by atoms with Crippen molar-refractivity contribution in [3.05, 3.63) is 29.3 Å². The van der Waals surface area contributed by atoms with Crippen LogP contribution in [0.4, 0.5) is 0 Å². The number of ketones is 1. The van der Waals surface area contributed by atoms with E-state index in [4.69, 9.17) is 4.74 Å². The van der Waals surface area contributed by atoms with Gasteiger partial charge in [0.25, 0.3) is 0 Å². The third-order valence-electron chi connectivity index (χ3n) is 6.82. The van der Waals surface area contributed by atoms with Gasteiger partial charge in [-0.15, -0.1) is 0 Å². The second-order valence-corrected chi connectivity index (χ2v) is 8.00.